The van der Waals surface area contributed by atoms with Crippen LogP contribution in [0.25, 0.3) is 0 Å². The maximum Gasteiger partial charge on any atom is 0.272 e. The third-order valence-electron chi connectivity index (χ3n) is 4.40. The van der Waals surface area contributed by atoms with Crippen LogP contribution in [0, 0.1) is 17.0 Å². The van der Waals surface area contributed by atoms with Crippen LogP contribution in [-0.2, 0) is 0 Å². The van der Waals surface area contributed by atoms with Gasteiger partial charge in [-0.2, -0.15) is 11.8 Å². The number of thioether (sulfide) groups is 1. The molecule has 4 nitrogen and oxygen atoms in total. The summed E-state index contributed by atoms with van der Waals surface area (Å²) in [5.41, 5.74) is 1.93. The highest BCUT2D eigenvalue weighted by Gasteiger charge is 2.26. The molecule has 0 bridgehead atoms. The number of hydrogen-bond donors (Lipinski definition) is 1. The van der Waals surface area contributed by atoms with Gasteiger partial charge < -0.3 is 5.32 Å². The van der Waals surface area contributed by atoms with E-state index in [1.807, 2.05) is 23.9 Å². The van der Waals surface area contributed by atoms with Gasteiger partial charge in [0.2, 0.25) is 0 Å². The number of nitrogens with zero attached hydrogens (tertiary/aromatic N) is 1. The second-order valence-corrected chi connectivity index (χ2v) is 6.93. The van der Waals surface area contributed by atoms with Crippen molar-refractivity contribution in [2.24, 2.45) is 0 Å². The Morgan fingerprint density at radius 2 is 2.10 bits per heavy atom. The number of rotatable bonds is 5. The Labute approximate surface area is 130 Å². The molecule has 1 aromatic rings. The molecule has 3 unspecified atom stereocenters. The molecule has 5 heteroatoms. The SMILES string of the molecule is CSC1CCCCC1NC(C)c1ccc(C)c([N+](=O)[O-])c1. The Bertz CT molecular complexity index is 507. The fraction of sp³-hybridized carbons (Fsp3) is 0.625. The highest BCUT2D eigenvalue weighted by atomic mass is 32.2. The number of nitro benzene ring substituents is 1. The second-order valence-electron chi connectivity index (χ2n) is 5.86. The predicted octanol–water partition coefficient (Wildman–Crippen LogP) is 4.23. The van der Waals surface area contributed by atoms with Crippen LogP contribution < -0.4 is 5.32 Å². The van der Waals surface area contributed by atoms with Gasteiger partial charge in [-0.15, -0.1) is 0 Å². The Balaban J connectivity index is 2.10. The van der Waals surface area contributed by atoms with E-state index in [-0.39, 0.29) is 16.7 Å². The minimum absolute atomic E-state index is 0.141. The molecule has 0 spiro atoms. The second kappa shape index (κ2) is 7.27. The number of benzene rings is 1. The van der Waals surface area contributed by atoms with Gasteiger partial charge in [-0.25, -0.2) is 0 Å². The Kier molecular flexibility index (Phi) is 5.65. The lowest BCUT2D eigenvalue weighted by Gasteiger charge is -2.33. The normalized spacial score (nSPS) is 23.8. The van der Waals surface area contributed by atoms with Crippen LogP contribution in [0.15, 0.2) is 18.2 Å². The molecule has 1 aliphatic rings. The highest BCUT2D eigenvalue weighted by Crippen LogP contribution is 2.30. The summed E-state index contributed by atoms with van der Waals surface area (Å²) >= 11 is 1.93. The molecule has 0 aliphatic heterocycles. The van der Waals surface area contributed by atoms with Crippen molar-refractivity contribution in [3.05, 3.63) is 39.4 Å². The summed E-state index contributed by atoms with van der Waals surface area (Å²) in [7, 11) is 0. The molecule has 0 saturated heterocycles. The Morgan fingerprint density at radius 1 is 1.38 bits per heavy atom. The lowest BCUT2D eigenvalue weighted by Crippen LogP contribution is -2.41. The summed E-state index contributed by atoms with van der Waals surface area (Å²) in [5.74, 6) is 0. The van der Waals surface area contributed by atoms with Crippen LogP contribution >= 0.6 is 11.8 Å². The van der Waals surface area contributed by atoms with Crippen molar-refractivity contribution in [3.8, 4) is 0 Å². The predicted molar refractivity (Wildman–Crippen MR) is 88.9 cm³/mol. The first-order valence-electron chi connectivity index (χ1n) is 7.56. The molecular weight excluding hydrogens is 284 g/mol. The van der Waals surface area contributed by atoms with Crippen molar-refractivity contribution in [2.45, 2.75) is 56.9 Å². The van der Waals surface area contributed by atoms with Gasteiger partial charge in [0.25, 0.3) is 5.69 Å². The largest absolute Gasteiger partial charge is 0.306 e. The molecule has 1 saturated carbocycles. The molecule has 2 rings (SSSR count). The third kappa shape index (κ3) is 3.98. The standard InChI is InChI=1S/C16H24N2O2S/c1-11-8-9-13(10-15(11)18(19)20)12(2)17-14-6-4-5-7-16(14)21-3/h8-10,12,14,16-17H,4-7H2,1-3H3. The van der Waals surface area contributed by atoms with Crippen molar-refractivity contribution in [1.29, 1.82) is 0 Å². The Hall–Kier alpha value is -1.07. The van der Waals surface area contributed by atoms with E-state index < -0.39 is 0 Å². The third-order valence-corrected chi connectivity index (χ3v) is 5.57. The molecule has 116 valence electrons. The van der Waals surface area contributed by atoms with Gasteiger partial charge in [0.1, 0.15) is 0 Å². The van der Waals surface area contributed by atoms with Crippen LogP contribution in [0.3, 0.4) is 0 Å². The first-order valence-corrected chi connectivity index (χ1v) is 8.85. The number of hydrogen-bond acceptors (Lipinski definition) is 4. The first-order chi connectivity index (χ1) is 10.0. The van der Waals surface area contributed by atoms with Crippen molar-refractivity contribution in [2.75, 3.05) is 6.26 Å². The van der Waals surface area contributed by atoms with E-state index in [1.54, 1.807) is 13.0 Å². The van der Waals surface area contributed by atoms with Gasteiger partial charge in [0.15, 0.2) is 0 Å². The maximum absolute atomic E-state index is 11.1. The van der Waals surface area contributed by atoms with Crippen molar-refractivity contribution in [3.63, 3.8) is 0 Å². The molecular formula is C16H24N2O2S. The Morgan fingerprint density at radius 3 is 2.76 bits per heavy atom. The molecule has 0 radical (unpaired) electrons. The summed E-state index contributed by atoms with van der Waals surface area (Å²) < 4.78 is 0. The van der Waals surface area contributed by atoms with Crippen LogP contribution in [-0.4, -0.2) is 22.5 Å². The van der Waals surface area contributed by atoms with Gasteiger partial charge >= 0.3 is 0 Å². The van der Waals surface area contributed by atoms with Crippen LogP contribution in [0.1, 0.15) is 49.8 Å². The monoisotopic (exact) mass is 308 g/mol. The van der Waals surface area contributed by atoms with Gasteiger partial charge in [-0.3, -0.25) is 10.1 Å². The molecule has 1 aliphatic carbocycles. The summed E-state index contributed by atoms with van der Waals surface area (Å²) in [6.07, 6.45) is 7.22. The van der Waals surface area contributed by atoms with Gasteiger partial charge in [0, 0.05) is 29.0 Å². The molecule has 21 heavy (non-hydrogen) atoms. The molecule has 1 fully saturated rings. The summed E-state index contributed by atoms with van der Waals surface area (Å²) in [5, 5.41) is 15.4. The van der Waals surface area contributed by atoms with E-state index in [9.17, 15) is 10.1 Å². The zero-order valence-corrected chi connectivity index (χ0v) is 13.8. The average molecular weight is 308 g/mol. The quantitative estimate of drug-likeness (QED) is 0.653. The molecule has 0 heterocycles. The summed E-state index contributed by atoms with van der Waals surface area (Å²) in [4.78, 5) is 10.8. The van der Waals surface area contributed by atoms with E-state index in [1.165, 1.54) is 25.7 Å². The van der Waals surface area contributed by atoms with Crippen LogP contribution in [0.5, 0.6) is 0 Å². The number of nitro groups is 1. The van der Waals surface area contributed by atoms with Gasteiger partial charge in [-0.1, -0.05) is 25.0 Å². The molecule has 0 aromatic heterocycles. The summed E-state index contributed by atoms with van der Waals surface area (Å²) in [6.45, 7) is 3.88. The average Bonchev–Trinajstić information content (AvgIpc) is 2.47. The van der Waals surface area contributed by atoms with E-state index >= 15 is 0 Å². The molecule has 3 atom stereocenters. The van der Waals surface area contributed by atoms with Gasteiger partial charge in [0.05, 0.1) is 4.92 Å². The minimum atomic E-state index is -0.295. The zero-order chi connectivity index (χ0) is 15.4. The molecule has 0 amide bonds. The smallest absolute Gasteiger partial charge is 0.272 e. The minimum Gasteiger partial charge on any atom is -0.306 e. The van der Waals surface area contributed by atoms with E-state index in [4.69, 9.17) is 0 Å². The van der Waals surface area contributed by atoms with E-state index in [2.05, 4.69) is 18.5 Å². The van der Waals surface area contributed by atoms with Crippen molar-refractivity contribution in [1.82, 2.24) is 5.32 Å². The maximum atomic E-state index is 11.1. The lowest BCUT2D eigenvalue weighted by atomic mass is 9.93. The fourth-order valence-electron chi connectivity index (χ4n) is 3.08. The van der Waals surface area contributed by atoms with E-state index in [0.717, 1.165) is 11.1 Å². The topological polar surface area (TPSA) is 55.2 Å². The van der Waals surface area contributed by atoms with Crippen LogP contribution in [0.2, 0.25) is 0 Å². The number of nitrogens with one attached hydrogen (secondary N) is 1. The zero-order valence-electron chi connectivity index (χ0n) is 13.0. The first kappa shape index (κ1) is 16.3. The number of aryl methyl sites for hydroxylation is 1. The van der Waals surface area contributed by atoms with Gasteiger partial charge in [-0.05, 0) is 38.5 Å². The molecule has 1 N–H and O–H groups in total. The van der Waals surface area contributed by atoms with E-state index in [0.29, 0.717) is 11.3 Å². The fourth-order valence-corrected chi connectivity index (χ4v) is 4.02. The highest BCUT2D eigenvalue weighted by molar-refractivity contribution is 7.99. The lowest BCUT2D eigenvalue weighted by molar-refractivity contribution is -0.385. The van der Waals surface area contributed by atoms with Crippen molar-refractivity contribution >= 4 is 17.4 Å². The van der Waals surface area contributed by atoms with Crippen molar-refractivity contribution < 1.29 is 4.92 Å². The summed E-state index contributed by atoms with van der Waals surface area (Å²) in [6, 6.07) is 6.20. The van der Waals surface area contributed by atoms with Crippen LogP contribution in [0.4, 0.5) is 5.69 Å². The molecule has 1 aromatic carbocycles.